The fourth-order valence-electron chi connectivity index (χ4n) is 2.97. The average molecular weight is 272 g/mol. The second-order valence-corrected chi connectivity index (χ2v) is 5.26. The number of amides is 1. The third kappa shape index (κ3) is 2.02. The molecule has 1 atom stereocenters. The molecule has 2 aromatic carbocycles. The van der Waals surface area contributed by atoms with Gasteiger partial charge in [-0.05, 0) is 41.7 Å². The van der Waals surface area contributed by atoms with Crippen molar-refractivity contribution in [3.05, 3.63) is 69.7 Å². The van der Waals surface area contributed by atoms with Gasteiger partial charge in [0.25, 0.3) is 0 Å². The summed E-state index contributed by atoms with van der Waals surface area (Å²) in [5.74, 6) is -0.205. The van der Waals surface area contributed by atoms with Crippen molar-refractivity contribution in [2.75, 3.05) is 0 Å². The van der Waals surface area contributed by atoms with E-state index in [1.54, 1.807) is 6.07 Å². The third-order valence-electron chi connectivity index (χ3n) is 3.80. The standard InChI is InChI=1S/C16H14ClNO/c17-14-7-3-4-10-8-9-12(15(10)14)11-5-1-2-6-13(11)16(18)19/h1-7,12H,8-9H2,(H2,18,19)/t12-/m1/s1. The first-order valence-electron chi connectivity index (χ1n) is 6.34. The van der Waals surface area contributed by atoms with E-state index in [0.717, 1.165) is 29.0 Å². The Hall–Kier alpha value is -1.80. The van der Waals surface area contributed by atoms with Crippen LogP contribution in [0.4, 0.5) is 0 Å². The molecule has 2 nitrogen and oxygen atoms in total. The maximum absolute atomic E-state index is 11.6. The van der Waals surface area contributed by atoms with Crippen LogP contribution in [-0.2, 0) is 6.42 Å². The molecule has 2 aromatic rings. The van der Waals surface area contributed by atoms with E-state index in [9.17, 15) is 4.79 Å². The zero-order chi connectivity index (χ0) is 13.4. The van der Waals surface area contributed by atoms with E-state index >= 15 is 0 Å². The smallest absolute Gasteiger partial charge is 0.248 e. The fraction of sp³-hybridized carbons (Fsp3) is 0.188. The molecule has 0 unspecified atom stereocenters. The number of hydrogen-bond donors (Lipinski definition) is 1. The van der Waals surface area contributed by atoms with Crippen LogP contribution >= 0.6 is 11.6 Å². The summed E-state index contributed by atoms with van der Waals surface area (Å²) >= 11 is 6.33. The summed E-state index contributed by atoms with van der Waals surface area (Å²) in [7, 11) is 0. The number of primary amides is 1. The van der Waals surface area contributed by atoms with Gasteiger partial charge in [-0.15, -0.1) is 0 Å². The van der Waals surface area contributed by atoms with Crippen molar-refractivity contribution >= 4 is 17.5 Å². The highest BCUT2D eigenvalue weighted by Gasteiger charge is 2.28. The normalized spacial score (nSPS) is 17.2. The van der Waals surface area contributed by atoms with Crippen LogP contribution in [0.15, 0.2) is 42.5 Å². The first kappa shape index (κ1) is 12.2. The van der Waals surface area contributed by atoms with E-state index in [0.29, 0.717) is 5.56 Å². The number of hydrogen-bond acceptors (Lipinski definition) is 1. The zero-order valence-electron chi connectivity index (χ0n) is 10.4. The quantitative estimate of drug-likeness (QED) is 0.892. The van der Waals surface area contributed by atoms with Gasteiger partial charge >= 0.3 is 0 Å². The molecule has 0 saturated carbocycles. The molecule has 3 heteroatoms. The average Bonchev–Trinajstić information content (AvgIpc) is 2.84. The van der Waals surface area contributed by atoms with Gasteiger partial charge in [0.15, 0.2) is 0 Å². The van der Waals surface area contributed by atoms with Gasteiger partial charge in [-0.25, -0.2) is 0 Å². The molecule has 0 aromatic heterocycles. The van der Waals surface area contributed by atoms with E-state index in [4.69, 9.17) is 17.3 Å². The number of nitrogens with two attached hydrogens (primary N) is 1. The summed E-state index contributed by atoms with van der Waals surface area (Å²) in [6.07, 6.45) is 1.97. The number of aryl methyl sites for hydroxylation is 1. The van der Waals surface area contributed by atoms with Gasteiger partial charge in [-0.3, -0.25) is 4.79 Å². The van der Waals surface area contributed by atoms with E-state index < -0.39 is 0 Å². The van der Waals surface area contributed by atoms with Crippen molar-refractivity contribution in [1.82, 2.24) is 0 Å². The van der Waals surface area contributed by atoms with Gasteiger partial charge in [0.1, 0.15) is 0 Å². The number of rotatable bonds is 2. The van der Waals surface area contributed by atoms with Crippen molar-refractivity contribution in [3.63, 3.8) is 0 Å². The van der Waals surface area contributed by atoms with Crippen molar-refractivity contribution in [3.8, 4) is 0 Å². The highest BCUT2D eigenvalue weighted by atomic mass is 35.5. The Balaban J connectivity index is 2.15. The Morgan fingerprint density at radius 3 is 2.74 bits per heavy atom. The Labute approximate surface area is 117 Å². The number of fused-ring (bicyclic) bond motifs is 1. The van der Waals surface area contributed by atoms with Gasteiger partial charge in [-0.1, -0.05) is 41.9 Å². The fourth-order valence-corrected chi connectivity index (χ4v) is 3.30. The first-order valence-corrected chi connectivity index (χ1v) is 6.72. The molecule has 0 spiro atoms. The monoisotopic (exact) mass is 271 g/mol. The molecular weight excluding hydrogens is 258 g/mol. The van der Waals surface area contributed by atoms with Crippen molar-refractivity contribution in [2.45, 2.75) is 18.8 Å². The summed E-state index contributed by atoms with van der Waals surface area (Å²) < 4.78 is 0. The molecule has 1 amide bonds. The zero-order valence-corrected chi connectivity index (χ0v) is 11.2. The Morgan fingerprint density at radius 1 is 1.16 bits per heavy atom. The maximum Gasteiger partial charge on any atom is 0.248 e. The molecule has 1 aliphatic carbocycles. The lowest BCUT2D eigenvalue weighted by Gasteiger charge is -2.16. The summed E-state index contributed by atoms with van der Waals surface area (Å²) in [6, 6.07) is 13.5. The predicted octanol–water partition coefficient (Wildman–Crippen LogP) is 3.52. The largest absolute Gasteiger partial charge is 0.366 e. The Kier molecular flexibility index (Phi) is 3.03. The van der Waals surface area contributed by atoms with Crippen LogP contribution < -0.4 is 5.73 Å². The number of halogens is 1. The van der Waals surface area contributed by atoms with Crippen molar-refractivity contribution in [1.29, 1.82) is 0 Å². The molecule has 1 aliphatic rings. The summed E-state index contributed by atoms with van der Waals surface area (Å²) in [5, 5.41) is 0.777. The summed E-state index contributed by atoms with van der Waals surface area (Å²) in [4.78, 5) is 11.6. The molecule has 0 radical (unpaired) electrons. The van der Waals surface area contributed by atoms with Crippen LogP contribution in [-0.4, -0.2) is 5.91 Å². The SMILES string of the molecule is NC(=O)c1ccccc1[C@H]1CCc2cccc(Cl)c21. The minimum Gasteiger partial charge on any atom is -0.366 e. The number of carbonyl (C=O) groups excluding carboxylic acids is 1. The van der Waals surface area contributed by atoms with Gasteiger partial charge in [0, 0.05) is 16.5 Å². The molecule has 0 bridgehead atoms. The van der Waals surface area contributed by atoms with Gasteiger partial charge in [-0.2, -0.15) is 0 Å². The molecule has 3 rings (SSSR count). The molecule has 0 aliphatic heterocycles. The van der Waals surface area contributed by atoms with Crippen molar-refractivity contribution < 1.29 is 4.79 Å². The lowest BCUT2D eigenvalue weighted by molar-refractivity contribution is 0.0999. The van der Waals surface area contributed by atoms with Crippen LogP contribution in [0.5, 0.6) is 0 Å². The van der Waals surface area contributed by atoms with Crippen LogP contribution in [0.25, 0.3) is 0 Å². The highest BCUT2D eigenvalue weighted by molar-refractivity contribution is 6.31. The molecule has 0 fully saturated rings. The van der Waals surface area contributed by atoms with E-state index in [2.05, 4.69) is 6.07 Å². The predicted molar refractivity (Wildman–Crippen MR) is 76.6 cm³/mol. The Bertz CT molecular complexity index is 651. The van der Waals surface area contributed by atoms with E-state index in [-0.39, 0.29) is 11.8 Å². The Morgan fingerprint density at radius 2 is 1.95 bits per heavy atom. The van der Waals surface area contributed by atoms with Crippen LogP contribution in [0.3, 0.4) is 0 Å². The van der Waals surface area contributed by atoms with Crippen molar-refractivity contribution in [2.24, 2.45) is 5.73 Å². The molecule has 96 valence electrons. The number of carbonyl (C=O) groups is 1. The lowest BCUT2D eigenvalue weighted by Crippen LogP contribution is -2.15. The van der Waals surface area contributed by atoms with Crippen LogP contribution in [0, 0.1) is 0 Å². The van der Waals surface area contributed by atoms with Gasteiger partial charge in [0.2, 0.25) is 5.91 Å². The molecule has 2 N–H and O–H groups in total. The minimum atomic E-state index is -0.379. The number of benzene rings is 2. The van der Waals surface area contributed by atoms with Crippen LogP contribution in [0.2, 0.25) is 5.02 Å². The second-order valence-electron chi connectivity index (χ2n) is 4.86. The molecule has 0 heterocycles. The van der Waals surface area contributed by atoms with Gasteiger partial charge < -0.3 is 5.73 Å². The maximum atomic E-state index is 11.6. The molecule has 0 saturated heterocycles. The topological polar surface area (TPSA) is 43.1 Å². The first-order chi connectivity index (χ1) is 9.18. The molecule has 19 heavy (non-hydrogen) atoms. The summed E-state index contributed by atoms with van der Waals surface area (Å²) in [6.45, 7) is 0. The second kappa shape index (κ2) is 4.71. The van der Waals surface area contributed by atoms with Gasteiger partial charge in [0.05, 0.1) is 0 Å². The minimum absolute atomic E-state index is 0.174. The lowest BCUT2D eigenvalue weighted by atomic mass is 9.89. The molecular formula is C16H14ClNO. The van der Waals surface area contributed by atoms with Crippen LogP contribution in [0.1, 0.15) is 39.4 Å². The summed E-state index contributed by atoms with van der Waals surface area (Å²) in [5.41, 5.74) is 9.48. The highest BCUT2D eigenvalue weighted by Crippen LogP contribution is 2.42. The third-order valence-corrected chi connectivity index (χ3v) is 4.13. The van der Waals surface area contributed by atoms with E-state index in [1.807, 2.05) is 30.3 Å². The van der Waals surface area contributed by atoms with E-state index in [1.165, 1.54) is 5.56 Å².